The molecule has 204 valence electrons. The van der Waals surface area contributed by atoms with Crippen molar-refractivity contribution in [3.63, 3.8) is 0 Å². The number of nitrogens with two attached hydrogens (primary N) is 1. The second-order valence-corrected chi connectivity index (χ2v) is 13.2. The molecular weight excluding hydrogens is 539 g/mol. The van der Waals surface area contributed by atoms with E-state index in [9.17, 15) is 14.9 Å². The molecule has 0 spiro atoms. The van der Waals surface area contributed by atoms with Gasteiger partial charge in [0, 0.05) is 23.3 Å². The largest absolute Gasteiger partial charge is 0.384 e. The number of Topliss-reactive ketones (excluding diaryl/α,β-unsaturated/α-hetero) is 2. The summed E-state index contributed by atoms with van der Waals surface area (Å²) in [5, 5.41) is 19.5. The highest BCUT2D eigenvalue weighted by Gasteiger charge is 2.45. The van der Waals surface area contributed by atoms with Crippen LogP contribution in [0.2, 0.25) is 0 Å². The molecule has 1 aliphatic heterocycles. The van der Waals surface area contributed by atoms with Crippen molar-refractivity contribution in [1.29, 1.82) is 5.26 Å². The van der Waals surface area contributed by atoms with E-state index in [0.717, 1.165) is 23.2 Å². The topological polar surface area (TPSA) is 113 Å². The van der Waals surface area contributed by atoms with Crippen LogP contribution in [0.5, 0.6) is 0 Å². The third-order valence-electron chi connectivity index (χ3n) is 7.39. The first-order valence-electron chi connectivity index (χ1n) is 13.2. The van der Waals surface area contributed by atoms with E-state index in [1.807, 2.05) is 55.5 Å². The number of carbonyl (C=O) groups is 2. The third kappa shape index (κ3) is 5.34. The Bertz CT molecular complexity index is 1580. The molecule has 2 N–H and O–H groups in total. The van der Waals surface area contributed by atoms with E-state index in [1.54, 1.807) is 4.90 Å². The van der Waals surface area contributed by atoms with Crippen LogP contribution in [0.1, 0.15) is 66.6 Å². The van der Waals surface area contributed by atoms with Crippen LogP contribution in [-0.2, 0) is 11.2 Å². The summed E-state index contributed by atoms with van der Waals surface area (Å²) in [7, 11) is 0. The predicted molar refractivity (Wildman–Crippen MR) is 159 cm³/mol. The number of anilines is 1. The summed E-state index contributed by atoms with van der Waals surface area (Å²) in [5.74, 6) is -0.0161. The van der Waals surface area contributed by atoms with Crippen LogP contribution in [0.25, 0.3) is 0 Å². The molecule has 0 bridgehead atoms. The number of nitriles is 1. The molecule has 0 saturated heterocycles. The van der Waals surface area contributed by atoms with Crippen LogP contribution in [-0.4, -0.2) is 27.5 Å². The molecule has 1 atom stereocenters. The van der Waals surface area contributed by atoms with Crippen molar-refractivity contribution in [2.45, 2.75) is 57.2 Å². The van der Waals surface area contributed by atoms with Gasteiger partial charge in [-0.3, -0.25) is 14.5 Å². The maximum absolute atomic E-state index is 13.7. The number of allylic oxidation sites excluding steroid dienone is 3. The Hall–Kier alpha value is -3.74. The highest BCUT2D eigenvalue weighted by molar-refractivity contribution is 8.01. The lowest BCUT2D eigenvalue weighted by atomic mass is 9.68. The summed E-state index contributed by atoms with van der Waals surface area (Å²) in [6.45, 7) is 8.20. The van der Waals surface area contributed by atoms with Crippen LogP contribution in [0.4, 0.5) is 5.13 Å². The van der Waals surface area contributed by atoms with E-state index in [-0.39, 0.29) is 28.6 Å². The first-order chi connectivity index (χ1) is 19.1. The minimum absolute atomic E-state index is 0.00690. The smallest absolute Gasteiger partial charge is 0.219 e. The summed E-state index contributed by atoms with van der Waals surface area (Å²) >= 11 is 2.61. The van der Waals surface area contributed by atoms with Gasteiger partial charge in [-0.15, -0.1) is 10.2 Å². The molecule has 7 nitrogen and oxygen atoms in total. The minimum Gasteiger partial charge on any atom is -0.384 e. The molecule has 0 saturated carbocycles. The van der Waals surface area contributed by atoms with Gasteiger partial charge in [0.2, 0.25) is 5.13 Å². The molecule has 1 aromatic heterocycles. The molecule has 9 heteroatoms. The van der Waals surface area contributed by atoms with Crippen molar-refractivity contribution in [2.24, 2.45) is 11.1 Å². The fourth-order valence-electron chi connectivity index (χ4n) is 5.31. The Morgan fingerprint density at radius 1 is 1.15 bits per heavy atom. The fourth-order valence-corrected chi connectivity index (χ4v) is 7.08. The zero-order valence-corrected chi connectivity index (χ0v) is 24.7. The molecule has 1 aliphatic carbocycles. The van der Waals surface area contributed by atoms with Crippen LogP contribution in [0.3, 0.4) is 0 Å². The molecule has 3 aromatic rings. The van der Waals surface area contributed by atoms with E-state index in [4.69, 9.17) is 5.73 Å². The van der Waals surface area contributed by atoms with Gasteiger partial charge in [0.05, 0.1) is 23.3 Å². The van der Waals surface area contributed by atoms with Gasteiger partial charge in [-0.25, -0.2) is 0 Å². The summed E-state index contributed by atoms with van der Waals surface area (Å²) in [6, 6.07) is 17.9. The normalized spacial score (nSPS) is 18.5. The highest BCUT2D eigenvalue weighted by atomic mass is 32.2. The monoisotopic (exact) mass is 569 g/mol. The van der Waals surface area contributed by atoms with Crippen molar-refractivity contribution in [3.05, 3.63) is 93.4 Å². The summed E-state index contributed by atoms with van der Waals surface area (Å²) in [6.07, 6.45) is 1.89. The molecule has 2 heterocycles. The van der Waals surface area contributed by atoms with Crippen LogP contribution in [0, 0.1) is 23.7 Å². The molecule has 2 aliphatic rings. The Kier molecular flexibility index (Phi) is 7.67. The molecule has 2 aromatic carbocycles. The Morgan fingerprint density at radius 3 is 2.50 bits per heavy atom. The molecule has 0 amide bonds. The lowest BCUT2D eigenvalue weighted by Crippen LogP contribution is -2.42. The number of rotatable bonds is 7. The van der Waals surface area contributed by atoms with Crippen LogP contribution >= 0.6 is 23.1 Å². The molecule has 0 radical (unpaired) electrons. The maximum atomic E-state index is 13.7. The van der Waals surface area contributed by atoms with E-state index < -0.39 is 5.92 Å². The summed E-state index contributed by atoms with van der Waals surface area (Å²) < 4.78 is 0.614. The number of hydrogen-bond donors (Lipinski definition) is 1. The molecule has 1 unspecified atom stereocenters. The first-order valence-corrected chi connectivity index (χ1v) is 15.0. The number of hydrogen-bond acceptors (Lipinski definition) is 9. The maximum Gasteiger partial charge on any atom is 0.219 e. The summed E-state index contributed by atoms with van der Waals surface area (Å²) in [4.78, 5) is 28.1. The second-order valence-electron chi connectivity index (χ2n) is 11.0. The Balaban J connectivity index is 1.51. The van der Waals surface area contributed by atoms with Crippen LogP contribution in [0.15, 0.2) is 75.5 Å². The predicted octanol–water partition coefficient (Wildman–Crippen LogP) is 6.32. The number of carbonyl (C=O) groups excluding carboxylic acids is 2. The quantitative estimate of drug-likeness (QED) is 0.260. The lowest BCUT2D eigenvalue weighted by molar-refractivity contribution is -0.118. The highest BCUT2D eigenvalue weighted by Crippen LogP contribution is 2.50. The van der Waals surface area contributed by atoms with Crippen molar-refractivity contribution < 1.29 is 9.59 Å². The average molecular weight is 570 g/mol. The number of aromatic nitrogens is 2. The number of thioether (sulfide) groups is 1. The van der Waals surface area contributed by atoms with Gasteiger partial charge in [-0.1, -0.05) is 98.0 Å². The number of nitrogens with zero attached hydrogens (tertiary/aromatic N) is 4. The summed E-state index contributed by atoms with van der Waals surface area (Å²) in [5.41, 5.74) is 12.0. The van der Waals surface area contributed by atoms with Gasteiger partial charge in [-0.2, -0.15) is 5.26 Å². The van der Waals surface area contributed by atoms with E-state index in [0.29, 0.717) is 39.0 Å². The lowest BCUT2D eigenvalue weighted by Gasteiger charge is -2.42. The third-order valence-corrected chi connectivity index (χ3v) is 9.43. The zero-order valence-electron chi connectivity index (χ0n) is 23.0. The van der Waals surface area contributed by atoms with Crippen molar-refractivity contribution >= 4 is 39.8 Å². The van der Waals surface area contributed by atoms with Gasteiger partial charge in [0.25, 0.3) is 0 Å². The minimum atomic E-state index is -0.528. The Labute approximate surface area is 242 Å². The fraction of sp³-hybridized carbons (Fsp3) is 0.323. The van der Waals surface area contributed by atoms with Crippen molar-refractivity contribution in [1.82, 2.24) is 10.2 Å². The van der Waals surface area contributed by atoms with E-state index in [2.05, 4.69) is 37.0 Å². The standard InChI is InChI=1S/C31H31N5O2S2/c1-5-19-8-12-21(13-9-19)26-22(16-32)28(33)36(23-14-31(3,4)15-24(37)27(23)26)29-34-35-30(40-29)39-17-25(38)20-10-6-18(2)7-11-20/h6-13,26H,5,14-15,17,33H2,1-4H3. The molecular formula is C31H31N5O2S2. The number of benzene rings is 2. The van der Waals surface area contributed by atoms with Crippen molar-refractivity contribution in [2.75, 3.05) is 10.7 Å². The van der Waals surface area contributed by atoms with E-state index >= 15 is 0 Å². The van der Waals surface area contributed by atoms with Gasteiger partial charge in [0.15, 0.2) is 15.9 Å². The zero-order chi connectivity index (χ0) is 28.6. The SMILES string of the molecule is CCc1ccc(C2C(C#N)=C(N)N(c3nnc(SCC(=O)c4ccc(C)cc4)s3)C3=C2C(=O)CC(C)(C)C3)cc1. The second kappa shape index (κ2) is 11.0. The Morgan fingerprint density at radius 2 is 1.85 bits per heavy atom. The molecule has 0 fully saturated rings. The van der Waals surface area contributed by atoms with Gasteiger partial charge in [0.1, 0.15) is 5.82 Å². The molecule has 5 rings (SSSR count). The van der Waals surface area contributed by atoms with Crippen LogP contribution < -0.4 is 10.6 Å². The van der Waals surface area contributed by atoms with Gasteiger partial charge in [-0.05, 0) is 36.3 Å². The average Bonchev–Trinajstić information content (AvgIpc) is 3.39. The van der Waals surface area contributed by atoms with Crippen molar-refractivity contribution in [3.8, 4) is 6.07 Å². The van der Waals surface area contributed by atoms with Gasteiger partial charge >= 0.3 is 0 Å². The van der Waals surface area contributed by atoms with E-state index in [1.165, 1.54) is 28.7 Å². The number of aryl methyl sites for hydroxylation is 2. The number of ketones is 2. The van der Waals surface area contributed by atoms with Gasteiger partial charge < -0.3 is 5.73 Å². The first kappa shape index (κ1) is 27.8. The molecule has 40 heavy (non-hydrogen) atoms.